The lowest BCUT2D eigenvalue weighted by molar-refractivity contribution is -0.110. The summed E-state index contributed by atoms with van der Waals surface area (Å²) in [5.41, 5.74) is 3.54. The molecule has 1 N–H and O–H groups in total. The van der Waals surface area contributed by atoms with Crippen molar-refractivity contribution in [2.24, 2.45) is 0 Å². The molecular formula is C21H23NO2. The highest BCUT2D eigenvalue weighted by Gasteiger charge is 2.23. The molecule has 1 heterocycles. The zero-order chi connectivity index (χ0) is 16.8. The van der Waals surface area contributed by atoms with Crippen LogP contribution in [0.5, 0.6) is 5.75 Å². The van der Waals surface area contributed by atoms with Crippen LogP contribution < -0.4 is 10.1 Å². The Bertz CT molecular complexity index is 732. The second-order valence-corrected chi connectivity index (χ2v) is 6.04. The van der Waals surface area contributed by atoms with Gasteiger partial charge in [-0.1, -0.05) is 56.5 Å². The van der Waals surface area contributed by atoms with Crippen molar-refractivity contribution in [1.29, 1.82) is 0 Å². The molecule has 0 saturated heterocycles. The molecule has 1 aliphatic rings. The van der Waals surface area contributed by atoms with E-state index in [0.29, 0.717) is 5.57 Å². The van der Waals surface area contributed by atoms with Crippen molar-refractivity contribution in [1.82, 2.24) is 0 Å². The molecule has 3 rings (SSSR count). The first kappa shape index (κ1) is 16.3. The van der Waals surface area contributed by atoms with Crippen LogP contribution in [-0.2, 0) is 4.79 Å². The molecule has 0 saturated carbocycles. The van der Waals surface area contributed by atoms with Crippen molar-refractivity contribution >= 4 is 23.2 Å². The Morgan fingerprint density at radius 3 is 2.58 bits per heavy atom. The molecule has 3 heteroatoms. The second kappa shape index (κ2) is 7.82. The lowest BCUT2D eigenvalue weighted by atomic mass is 10.0. The number of anilines is 1. The Balaban J connectivity index is 1.65. The minimum atomic E-state index is -0.0487. The van der Waals surface area contributed by atoms with Crippen molar-refractivity contribution in [3.63, 3.8) is 0 Å². The lowest BCUT2D eigenvalue weighted by Gasteiger charge is -2.06. The van der Waals surface area contributed by atoms with Gasteiger partial charge in [-0.05, 0) is 36.3 Å². The van der Waals surface area contributed by atoms with E-state index >= 15 is 0 Å². The van der Waals surface area contributed by atoms with Crippen LogP contribution in [0.15, 0.2) is 48.5 Å². The monoisotopic (exact) mass is 321 g/mol. The molecule has 0 radical (unpaired) electrons. The van der Waals surface area contributed by atoms with Crippen LogP contribution in [-0.4, -0.2) is 12.5 Å². The summed E-state index contributed by atoms with van der Waals surface area (Å²) in [7, 11) is 0. The summed E-state index contributed by atoms with van der Waals surface area (Å²) in [6.45, 7) is 2.97. The second-order valence-electron chi connectivity index (χ2n) is 6.04. The number of nitrogens with one attached hydrogen (secondary N) is 1. The number of hydrogen-bond donors (Lipinski definition) is 1. The van der Waals surface area contributed by atoms with Crippen LogP contribution in [0.1, 0.15) is 43.7 Å². The van der Waals surface area contributed by atoms with Crippen LogP contribution in [0.2, 0.25) is 0 Å². The molecule has 0 bridgehead atoms. The summed E-state index contributed by atoms with van der Waals surface area (Å²) >= 11 is 0. The van der Waals surface area contributed by atoms with Crippen molar-refractivity contribution in [3.8, 4) is 5.75 Å². The predicted molar refractivity (Wildman–Crippen MR) is 99.0 cm³/mol. The van der Waals surface area contributed by atoms with Crippen molar-refractivity contribution < 1.29 is 9.53 Å². The molecule has 0 aromatic heterocycles. The van der Waals surface area contributed by atoms with E-state index in [0.717, 1.165) is 35.6 Å². The average molecular weight is 321 g/mol. The highest BCUT2D eigenvalue weighted by Crippen LogP contribution is 2.32. The number of hydrogen-bond acceptors (Lipinski definition) is 2. The van der Waals surface area contributed by atoms with E-state index in [2.05, 4.69) is 12.2 Å². The number of benzene rings is 2. The van der Waals surface area contributed by atoms with Crippen LogP contribution in [0.25, 0.3) is 11.6 Å². The van der Waals surface area contributed by atoms with E-state index in [1.807, 2.05) is 54.6 Å². The first-order chi connectivity index (χ1) is 11.8. The molecule has 2 aromatic carbocycles. The quantitative estimate of drug-likeness (QED) is 0.566. The number of unbranched alkanes of at least 4 members (excludes halogenated alkanes) is 3. The topological polar surface area (TPSA) is 38.3 Å². The fourth-order valence-electron chi connectivity index (χ4n) is 2.83. The third-order valence-electron chi connectivity index (χ3n) is 4.17. The largest absolute Gasteiger partial charge is 0.494 e. The zero-order valence-corrected chi connectivity index (χ0v) is 14.0. The smallest absolute Gasteiger partial charge is 0.256 e. The number of amides is 1. The maximum atomic E-state index is 12.1. The average Bonchev–Trinajstić information content (AvgIpc) is 2.92. The van der Waals surface area contributed by atoms with Crippen LogP contribution >= 0.6 is 0 Å². The van der Waals surface area contributed by atoms with Gasteiger partial charge >= 0.3 is 0 Å². The van der Waals surface area contributed by atoms with Gasteiger partial charge in [0, 0.05) is 16.8 Å². The third kappa shape index (κ3) is 3.85. The van der Waals surface area contributed by atoms with E-state index < -0.39 is 0 Å². The van der Waals surface area contributed by atoms with E-state index in [-0.39, 0.29) is 5.91 Å². The van der Waals surface area contributed by atoms with Gasteiger partial charge in [0.1, 0.15) is 5.75 Å². The minimum absolute atomic E-state index is 0.0487. The minimum Gasteiger partial charge on any atom is -0.494 e. The standard InChI is InChI=1S/C21H23NO2/c1-2-3-4-7-14-24-17-12-10-16(11-13-17)15-19-18-8-5-6-9-20(18)22-21(19)23/h5-6,8-13,15H,2-4,7,14H2,1H3,(H,22,23)/b19-15-. The highest BCUT2D eigenvalue weighted by molar-refractivity contribution is 6.34. The fourth-order valence-corrected chi connectivity index (χ4v) is 2.83. The molecule has 24 heavy (non-hydrogen) atoms. The Morgan fingerprint density at radius 1 is 1.00 bits per heavy atom. The molecule has 0 aliphatic carbocycles. The number of rotatable bonds is 7. The van der Waals surface area contributed by atoms with Gasteiger partial charge in [0.05, 0.1) is 6.61 Å². The molecule has 0 unspecified atom stereocenters. The van der Waals surface area contributed by atoms with Gasteiger partial charge in [0.25, 0.3) is 5.91 Å². The highest BCUT2D eigenvalue weighted by atomic mass is 16.5. The summed E-state index contributed by atoms with van der Waals surface area (Å²) in [6.07, 6.45) is 6.73. The molecule has 1 aliphatic heterocycles. The van der Waals surface area contributed by atoms with Gasteiger partial charge in [0.15, 0.2) is 0 Å². The van der Waals surface area contributed by atoms with Gasteiger partial charge in [-0.25, -0.2) is 0 Å². The number of ether oxygens (including phenoxy) is 1. The summed E-state index contributed by atoms with van der Waals surface area (Å²) in [5, 5.41) is 2.89. The summed E-state index contributed by atoms with van der Waals surface area (Å²) in [4.78, 5) is 12.1. The van der Waals surface area contributed by atoms with E-state index in [9.17, 15) is 4.79 Å². The van der Waals surface area contributed by atoms with Crippen molar-refractivity contribution in [2.75, 3.05) is 11.9 Å². The predicted octanol–water partition coefficient (Wildman–Crippen LogP) is 5.14. The first-order valence-electron chi connectivity index (χ1n) is 8.63. The zero-order valence-electron chi connectivity index (χ0n) is 14.0. The Labute approximate surface area is 143 Å². The molecule has 0 fully saturated rings. The molecule has 1 amide bonds. The lowest BCUT2D eigenvalue weighted by Crippen LogP contribution is -2.03. The first-order valence-corrected chi connectivity index (χ1v) is 8.63. The maximum Gasteiger partial charge on any atom is 0.256 e. The van der Waals surface area contributed by atoms with Gasteiger partial charge in [-0.3, -0.25) is 4.79 Å². The Morgan fingerprint density at radius 2 is 1.79 bits per heavy atom. The molecular weight excluding hydrogens is 298 g/mol. The number of fused-ring (bicyclic) bond motifs is 1. The van der Waals surface area contributed by atoms with Gasteiger partial charge < -0.3 is 10.1 Å². The molecule has 124 valence electrons. The van der Waals surface area contributed by atoms with Crippen molar-refractivity contribution in [2.45, 2.75) is 32.6 Å². The molecule has 2 aromatic rings. The Kier molecular flexibility index (Phi) is 5.32. The summed E-state index contributed by atoms with van der Waals surface area (Å²) in [6, 6.07) is 15.7. The number of carbonyl (C=O) groups is 1. The summed E-state index contributed by atoms with van der Waals surface area (Å²) in [5.74, 6) is 0.831. The van der Waals surface area contributed by atoms with E-state index in [1.165, 1.54) is 19.3 Å². The fraction of sp³-hybridized carbons (Fsp3) is 0.286. The van der Waals surface area contributed by atoms with Gasteiger partial charge in [0.2, 0.25) is 0 Å². The molecule has 0 spiro atoms. The third-order valence-corrected chi connectivity index (χ3v) is 4.17. The van der Waals surface area contributed by atoms with E-state index in [4.69, 9.17) is 4.74 Å². The normalized spacial score (nSPS) is 14.5. The van der Waals surface area contributed by atoms with Crippen molar-refractivity contribution in [3.05, 3.63) is 59.7 Å². The van der Waals surface area contributed by atoms with Crippen LogP contribution in [0, 0.1) is 0 Å². The maximum absolute atomic E-state index is 12.1. The van der Waals surface area contributed by atoms with Gasteiger partial charge in [-0.15, -0.1) is 0 Å². The molecule has 3 nitrogen and oxygen atoms in total. The van der Waals surface area contributed by atoms with Crippen LogP contribution in [0.4, 0.5) is 5.69 Å². The van der Waals surface area contributed by atoms with Crippen LogP contribution in [0.3, 0.4) is 0 Å². The SMILES string of the molecule is CCCCCCOc1ccc(/C=C2\C(=O)Nc3ccccc32)cc1. The number of para-hydroxylation sites is 1. The van der Waals surface area contributed by atoms with E-state index in [1.54, 1.807) is 0 Å². The number of carbonyl (C=O) groups excluding carboxylic acids is 1. The molecule has 0 atom stereocenters. The summed E-state index contributed by atoms with van der Waals surface area (Å²) < 4.78 is 5.75. The Hall–Kier alpha value is -2.55. The van der Waals surface area contributed by atoms with Gasteiger partial charge in [-0.2, -0.15) is 0 Å².